The van der Waals surface area contributed by atoms with Crippen molar-refractivity contribution in [3.8, 4) is 0 Å². The van der Waals surface area contributed by atoms with Gasteiger partial charge in [-0.1, -0.05) is 57.7 Å². The van der Waals surface area contributed by atoms with Crippen molar-refractivity contribution < 1.29 is 0 Å². The molecule has 0 N–H and O–H groups in total. The molecule has 0 heteroatoms. The summed E-state index contributed by atoms with van der Waals surface area (Å²) < 4.78 is 0. The Morgan fingerprint density at radius 3 is 1.56 bits per heavy atom. The van der Waals surface area contributed by atoms with E-state index in [2.05, 4.69) is 39.0 Å². The van der Waals surface area contributed by atoms with Gasteiger partial charge in [0.05, 0.1) is 0 Å². The van der Waals surface area contributed by atoms with Gasteiger partial charge in [-0.25, -0.2) is 0 Å². The summed E-state index contributed by atoms with van der Waals surface area (Å²) in [4.78, 5) is 0. The first-order valence-corrected chi connectivity index (χ1v) is 7.71. The monoisotopic (exact) mass is 245 g/mol. The van der Waals surface area contributed by atoms with Crippen molar-refractivity contribution in [1.82, 2.24) is 0 Å². The molecule has 0 atom stereocenters. The molecule has 1 rings (SSSR count). The maximum absolute atomic E-state index is 4.03. The number of hydrogen-bond donors (Lipinski definition) is 0. The quantitative estimate of drug-likeness (QED) is 0.502. The van der Waals surface area contributed by atoms with E-state index < -0.39 is 0 Å². The highest BCUT2D eigenvalue weighted by Gasteiger charge is 2.01. The third kappa shape index (κ3) is 5.71. The Kier molecular flexibility index (Phi) is 7.80. The normalized spacial score (nSPS) is 10.8. The summed E-state index contributed by atoms with van der Waals surface area (Å²) in [5.74, 6) is 0. The van der Waals surface area contributed by atoms with Crippen LogP contribution in [0.5, 0.6) is 0 Å². The van der Waals surface area contributed by atoms with E-state index in [-0.39, 0.29) is 0 Å². The van der Waals surface area contributed by atoms with Gasteiger partial charge in [-0.2, -0.15) is 0 Å². The summed E-state index contributed by atoms with van der Waals surface area (Å²) >= 11 is 0. The van der Waals surface area contributed by atoms with Crippen LogP contribution >= 0.6 is 0 Å². The van der Waals surface area contributed by atoms with E-state index in [4.69, 9.17) is 0 Å². The molecule has 1 aromatic rings. The summed E-state index contributed by atoms with van der Waals surface area (Å²) in [7, 11) is 0. The molecule has 0 unspecified atom stereocenters. The first-order chi connectivity index (χ1) is 8.80. The average Bonchev–Trinajstić information content (AvgIpc) is 2.39. The third-order valence-electron chi connectivity index (χ3n) is 3.54. The third-order valence-corrected chi connectivity index (χ3v) is 3.54. The molecule has 0 fully saturated rings. The van der Waals surface area contributed by atoms with Gasteiger partial charge >= 0.3 is 0 Å². The molecule has 0 aliphatic heterocycles. The topological polar surface area (TPSA) is 0 Å². The smallest absolute Gasteiger partial charge is 0.0279 e. The highest BCUT2D eigenvalue weighted by atomic mass is 14.1. The lowest BCUT2D eigenvalue weighted by atomic mass is 9.97. The Bertz CT molecular complexity index is 297. The summed E-state index contributed by atoms with van der Waals surface area (Å²) in [6, 6.07) is 7.13. The van der Waals surface area contributed by atoms with Crippen LogP contribution < -0.4 is 0 Å². The van der Waals surface area contributed by atoms with Gasteiger partial charge in [0.25, 0.3) is 0 Å². The molecule has 0 aliphatic rings. The highest BCUT2D eigenvalue weighted by Crippen LogP contribution is 2.16. The van der Waals surface area contributed by atoms with Crippen LogP contribution in [0, 0.1) is 6.92 Å². The van der Waals surface area contributed by atoms with Gasteiger partial charge in [0.15, 0.2) is 0 Å². The summed E-state index contributed by atoms with van der Waals surface area (Å²) in [5, 5.41) is 0. The Balaban J connectivity index is 2.62. The highest BCUT2D eigenvalue weighted by molar-refractivity contribution is 5.31. The lowest BCUT2D eigenvalue weighted by Crippen LogP contribution is -1.94. The van der Waals surface area contributed by atoms with E-state index in [0.717, 1.165) is 6.42 Å². The van der Waals surface area contributed by atoms with Gasteiger partial charge in [0.2, 0.25) is 0 Å². The Morgan fingerprint density at radius 2 is 1.17 bits per heavy atom. The SMILES string of the molecule is [CH2]Cc1cc(CCCCC)cc(CCCCC)c1. The zero-order valence-electron chi connectivity index (χ0n) is 12.3. The van der Waals surface area contributed by atoms with E-state index >= 15 is 0 Å². The minimum Gasteiger partial charge on any atom is -0.0654 e. The van der Waals surface area contributed by atoms with Crippen LogP contribution in [0.25, 0.3) is 0 Å². The van der Waals surface area contributed by atoms with Gasteiger partial charge in [-0.05, 0) is 55.7 Å². The molecule has 101 valence electrons. The van der Waals surface area contributed by atoms with Gasteiger partial charge < -0.3 is 0 Å². The minimum atomic E-state index is 0.919. The molecule has 0 aliphatic carbocycles. The van der Waals surface area contributed by atoms with Crippen molar-refractivity contribution in [3.05, 3.63) is 41.8 Å². The summed E-state index contributed by atoms with van der Waals surface area (Å²) in [6.07, 6.45) is 11.3. The molecule has 0 heterocycles. The van der Waals surface area contributed by atoms with Crippen LogP contribution in [0.1, 0.15) is 69.1 Å². The predicted octanol–water partition coefficient (Wildman–Crippen LogP) is 5.53. The molecule has 0 saturated carbocycles. The summed E-state index contributed by atoms with van der Waals surface area (Å²) in [5.41, 5.74) is 4.46. The van der Waals surface area contributed by atoms with Crippen molar-refractivity contribution in [2.24, 2.45) is 0 Å². The van der Waals surface area contributed by atoms with Gasteiger partial charge in [-0.15, -0.1) is 0 Å². The van der Waals surface area contributed by atoms with Crippen LogP contribution in [0.3, 0.4) is 0 Å². The first kappa shape index (κ1) is 15.3. The Morgan fingerprint density at radius 1 is 0.722 bits per heavy atom. The standard InChI is InChI=1S/C18H29/c1-4-7-9-11-17-13-16(6-3)14-18(15-17)12-10-8-5-2/h13-15H,3-12H2,1-2H3. The maximum atomic E-state index is 4.03. The van der Waals surface area contributed by atoms with Gasteiger partial charge in [0, 0.05) is 0 Å². The second-order valence-corrected chi connectivity index (χ2v) is 5.32. The number of aryl methyl sites for hydroxylation is 2. The van der Waals surface area contributed by atoms with Gasteiger partial charge in [-0.3, -0.25) is 0 Å². The number of unbranched alkanes of at least 4 members (excludes halogenated alkanes) is 4. The second kappa shape index (κ2) is 9.19. The zero-order chi connectivity index (χ0) is 13.2. The van der Waals surface area contributed by atoms with Crippen LogP contribution in [0.2, 0.25) is 0 Å². The molecular formula is C18H29. The molecule has 1 radical (unpaired) electrons. The maximum Gasteiger partial charge on any atom is -0.0279 e. The van der Waals surface area contributed by atoms with E-state index in [1.807, 2.05) is 0 Å². The Hall–Kier alpha value is -0.780. The van der Waals surface area contributed by atoms with Crippen LogP contribution in [0.15, 0.2) is 18.2 Å². The molecule has 1 aromatic carbocycles. The van der Waals surface area contributed by atoms with E-state index in [9.17, 15) is 0 Å². The molecular weight excluding hydrogens is 216 g/mol. The van der Waals surface area contributed by atoms with Crippen molar-refractivity contribution >= 4 is 0 Å². The second-order valence-electron chi connectivity index (χ2n) is 5.32. The van der Waals surface area contributed by atoms with Crippen molar-refractivity contribution in [2.75, 3.05) is 0 Å². The van der Waals surface area contributed by atoms with Crippen LogP contribution in [-0.4, -0.2) is 0 Å². The average molecular weight is 245 g/mol. The number of hydrogen-bond acceptors (Lipinski definition) is 0. The van der Waals surface area contributed by atoms with E-state index in [1.54, 1.807) is 0 Å². The Labute approximate surface area is 114 Å². The fraction of sp³-hybridized carbons (Fsp3) is 0.611. The van der Waals surface area contributed by atoms with Crippen molar-refractivity contribution in [1.29, 1.82) is 0 Å². The molecule has 0 bridgehead atoms. The molecule has 18 heavy (non-hydrogen) atoms. The lowest BCUT2D eigenvalue weighted by molar-refractivity contribution is 0.708. The zero-order valence-corrected chi connectivity index (χ0v) is 12.3. The fourth-order valence-electron chi connectivity index (χ4n) is 2.43. The predicted molar refractivity (Wildman–Crippen MR) is 82.0 cm³/mol. The fourth-order valence-corrected chi connectivity index (χ4v) is 2.43. The number of benzene rings is 1. The number of rotatable bonds is 9. The van der Waals surface area contributed by atoms with Crippen LogP contribution in [-0.2, 0) is 19.3 Å². The van der Waals surface area contributed by atoms with E-state index in [0.29, 0.717) is 0 Å². The molecule has 0 nitrogen and oxygen atoms in total. The summed E-state index contributed by atoms with van der Waals surface area (Å²) in [6.45, 7) is 8.56. The van der Waals surface area contributed by atoms with Crippen molar-refractivity contribution in [3.63, 3.8) is 0 Å². The van der Waals surface area contributed by atoms with Crippen LogP contribution in [0.4, 0.5) is 0 Å². The largest absolute Gasteiger partial charge is 0.0654 e. The first-order valence-electron chi connectivity index (χ1n) is 7.71. The van der Waals surface area contributed by atoms with Gasteiger partial charge in [0.1, 0.15) is 0 Å². The molecule has 0 amide bonds. The molecule has 0 saturated heterocycles. The lowest BCUT2D eigenvalue weighted by Gasteiger charge is -2.09. The molecule has 0 spiro atoms. The molecule has 0 aromatic heterocycles. The van der Waals surface area contributed by atoms with Crippen molar-refractivity contribution in [2.45, 2.75) is 71.6 Å². The van der Waals surface area contributed by atoms with E-state index in [1.165, 1.54) is 68.1 Å². The minimum absolute atomic E-state index is 0.919.